The normalized spacial score (nSPS) is 17.2. The first-order chi connectivity index (χ1) is 10.6. The number of likely N-dealkylation sites (tertiary alicyclic amines) is 1. The number of pyridine rings is 1. The van der Waals surface area contributed by atoms with E-state index in [9.17, 15) is 4.79 Å². The summed E-state index contributed by atoms with van der Waals surface area (Å²) in [5.41, 5.74) is 2.28. The van der Waals surface area contributed by atoms with Gasteiger partial charge in [0.1, 0.15) is 0 Å². The van der Waals surface area contributed by atoms with Crippen LogP contribution in [0, 0.1) is 6.92 Å². The molecule has 0 aromatic carbocycles. The number of hydrogen-bond acceptors (Lipinski definition) is 3. The fraction of sp³-hybridized carbons (Fsp3) is 0.667. The molecular weight excluding hydrogens is 274 g/mol. The number of carbonyl (C=O) groups is 1. The number of likely N-dealkylation sites (N-methyl/N-ethyl adjacent to an activating group) is 1. The van der Waals surface area contributed by atoms with E-state index in [4.69, 9.17) is 0 Å². The molecule has 0 aliphatic carbocycles. The summed E-state index contributed by atoms with van der Waals surface area (Å²) in [6.07, 6.45) is 7.18. The minimum atomic E-state index is 0.183. The zero-order chi connectivity index (χ0) is 15.9. The number of nitrogens with zero attached hydrogens (tertiary/aromatic N) is 3. The zero-order valence-electron chi connectivity index (χ0n) is 14.2. The third-order valence-electron chi connectivity index (χ3n) is 4.62. The summed E-state index contributed by atoms with van der Waals surface area (Å²) in [4.78, 5) is 21.1. The van der Waals surface area contributed by atoms with E-state index < -0.39 is 0 Å². The van der Waals surface area contributed by atoms with Gasteiger partial charge in [0.25, 0.3) is 0 Å². The standard InChI is InChI=1S/C18H29N3O/c1-15-7-9-19-17(13-15)14-16(2)20(3)18(22)8-12-21-10-5-4-6-11-21/h7,9,13,16H,4-6,8,10-12,14H2,1-3H3/t16-/m0/s1. The van der Waals surface area contributed by atoms with Gasteiger partial charge in [-0.15, -0.1) is 0 Å². The second-order valence-electron chi connectivity index (χ2n) is 6.53. The van der Waals surface area contributed by atoms with Gasteiger partial charge in [0.05, 0.1) is 0 Å². The summed E-state index contributed by atoms with van der Waals surface area (Å²) in [6.45, 7) is 7.38. The molecule has 4 heteroatoms. The lowest BCUT2D eigenvalue weighted by molar-refractivity contribution is -0.132. The molecule has 0 unspecified atom stereocenters. The quantitative estimate of drug-likeness (QED) is 0.810. The number of aromatic nitrogens is 1. The second kappa shape index (κ2) is 8.28. The van der Waals surface area contributed by atoms with E-state index in [1.54, 1.807) is 0 Å². The van der Waals surface area contributed by atoms with Crippen LogP contribution in [0.1, 0.15) is 43.9 Å². The van der Waals surface area contributed by atoms with Gasteiger partial charge in [-0.25, -0.2) is 0 Å². The molecule has 1 aliphatic rings. The minimum absolute atomic E-state index is 0.183. The highest BCUT2D eigenvalue weighted by Crippen LogP contribution is 2.11. The highest BCUT2D eigenvalue weighted by molar-refractivity contribution is 5.76. The van der Waals surface area contributed by atoms with E-state index in [2.05, 4.69) is 29.8 Å². The van der Waals surface area contributed by atoms with E-state index in [0.717, 1.165) is 31.7 Å². The van der Waals surface area contributed by atoms with Gasteiger partial charge in [-0.2, -0.15) is 0 Å². The van der Waals surface area contributed by atoms with E-state index in [1.807, 2.05) is 24.2 Å². The molecule has 0 bridgehead atoms. The summed E-state index contributed by atoms with van der Waals surface area (Å²) in [6, 6.07) is 4.28. The van der Waals surface area contributed by atoms with Crippen molar-refractivity contribution in [3.8, 4) is 0 Å². The molecule has 0 spiro atoms. The molecule has 0 saturated carbocycles. The topological polar surface area (TPSA) is 36.4 Å². The van der Waals surface area contributed by atoms with Crippen LogP contribution < -0.4 is 0 Å². The van der Waals surface area contributed by atoms with E-state index in [1.165, 1.54) is 24.8 Å². The lowest BCUT2D eigenvalue weighted by Crippen LogP contribution is -2.39. The number of carbonyl (C=O) groups excluding carboxylic acids is 1. The van der Waals surface area contributed by atoms with Gasteiger partial charge in [-0.05, 0) is 57.5 Å². The van der Waals surface area contributed by atoms with Gasteiger partial charge >= 0.3 is 0 Å². The third kappa shape index (κ3) is 5.09. The monoisotopic (exact) mass is 303 g/mol. The Hall–Kier alpha value is -1.42. The number of amides is 1. The van der Waals surface area contributed by atoms with Crippen molar-refractivity contribution in [1.82, 2.24) is 14.8 Å². The number of hydrogen-bond donors (Lipinski definition) is 0. The molecule has 2 heterocycles. The predicted molar refractivity (Wildman–Crippen MR) is 89.8 cm³/mol. The number of piperidine rings is 1. The van der Waals surface area contributed by atoms with Gasteiger partial charge in [0, 0.05) is 44.4 Å². The first kappa shape index (κ1) is 16.9. The van der Waals surface area contributed by atoms with Crippen LogP contribution >= 0.6 is 0 Å². The van der Waals surface area contributed by atoms with Crippen LogP contribution in [0.2, 0.25) is 0 Å². The summed E-state index contributed by atoms with van der Waals surface area (Å²) in [5.74, 6) is 0.241. The summed E-state index contributed by atoms with van der Waals surface area (Å²) < 4.78 is 0. The van der Waals surface area contributed by atoms with Gasteiger partial charge < -0.3 is 9.80 Å². The average Bonchev–Trinajstić information content (AvgIpc) is 2.53. The van der Waals surface area contributed by atoms with Gasteiger partial charge in [-0.1, -0.05) is 6.42 Å². The van der Waals surface area contributed by atoms with Crippen molar-refractivity contribution in [2.24, 2.45) is 0 Å². The maximum Gasteiger partial charge on any atom is 0.223 e. The molecular formula is C18H29N3O. The van der Waals surface area contributed by atoms with E-state index in [-0.39, 0.29) is 11.9 Å². The Balaban J connectivity index is 1.78. The van der Waals surface area contributed by atoms with Crippen LogP contribution in [0.15, 0.2) is 18.3 Å². The Kier molecular flexibility index (Phi) is 6.37. The Morgan fingerprint density at radius 1 is 1.36 bits per heavy atom. The molecule has 4 nitrogen and oxygen atoms in total. The first-order valence-electron chi connectivity index (χ1n) is 8.46. The minimum Gasteiger partial charge on any atom is -0.343 e. The van der Waals surface area contributed by atoms with Crippen molar-refractivity contribution in [3.05, 3.63) is 29.6 Å². The second-order valence-corrected chi connectivity index (χ2v) is 6.53. The Morgan fingerprint density at radius 2 is 2.09 bits per heavy atom. The zero-order valence-corrected chi connectivity index (χ0v) is 14.2. The predicted octanol–water partition coefficient (Wildman–Crippen LogP) is 2.66. The summed E-state index contributed by atoms with van der Waals surface area (Å²) in [5, 5.41) is 0. The lowest BCUT2D eigenvalue weighted by atomic mass is 10.1. The molecule has 1 aliphatic heterocycles. The molecule has 1 fully saturated rings. The SMILES string of the molecule is Cc1ccnc(C[C@H](C)N(C)C(=O)CCN2CCCCC2)c1. The van der Waals surface area contributed by atoms with Crippen LogP contribution in [0.3, 0.4) is 0 Å². The molecule has 22 heavy (non-hydrogen) atoms. The molecule has 1 aromatic heterocycles. The Bertz CT molecular complexity index is 483. The molecule has 122 valence electrons. The smallest absolute Gasteiger partial charge is 0.223 e. The van der Waals surface area contributed by atoms with Crippen LogP contribution in [0.25, 0.3) is 0 Å². The fourth-order valence-electron chi connectivity index (χ4n) is 3.01. The third-order valence-corrected chi connectivity index (χ3v) is 4.62. The highest BCUT2D eigenvalue weighted by atomic mass is 16.2. The lowest BCUT2D eigenvalue weighted by Gasteiger charge is -2.29. The van der Waals surface area contributed by atoms with Gasteiger partial charge in [0.2, 0.25) is 5.91 Å². The van der Waals surface area contributed by atoms with Crippen molar-refractivity contribution in [3.63, 3.8) is 0 Å². The van der Waals surface area contributed by atoms with Crippen molar-refractivity contribution < 1.29 is 4.79 Å². The number of aryl methyl sites for hydroxylation is 1. The largest absolute Gasteiger partial charge is 0.343 e. The van der Waals surface area contributed by atoms with Crippen LogP contribution in [0.5, 0.6) is 0 Å². The Labute approximate surface area is 134 Å². The van der Waals surface area contributed by atoms with Crippen LogP contribution in [-0.2, 0) is 11.2 Å². The summed E-state index contributed by atoms with van der Waals surface area (Å²) in [7, 11) is 1.92. The van der Waals surface area contributed by atoms with Gasteiger partial charge in [-0.3, -0.25) is 9.78 Å². The average molecular weight is 303 g/mol. The van der Waals surface area contributed by atoms with Crippen LogP contribution in [0.4, 0.5) is 0 Å². The molecule has 0 N–H and O–H groups in total. The van der Waals surface area contributed by atoms with E-state index >= 15 is 0 Å². The van der Waals surface area contributed by atoms with Crippen molar-refractivity contribution in [1.29, 1.82) is 0 Å². The van der Waals surface area contributed by atoms with Gasteiger partial charge in [0.15, 0.2) is 0 Å². The molecule has 2 rings (SSSR count). The van der Waals surface area contributed by atoms with Crippen molar-refractivity contribution in [2.45, 2.75) is 52.0 Å². The van der Waals surface area contributed by atoms with E-state index in [0.29, 0.717) is 6.42 Å². The number of rotatable bonds is 6. The van der Waals surface area contributed by atoms with Crippen molar-refractivity contribution in [2.75, 3.05) is 26.7 Å². The molecule has 1 aromatic rings. The van der Waals surface area contributed by atoms with Crippen molar-refractivity contribution >= 4 is 5.91 Å². The molecule has 1 atom stereocenters. The fourth-order valence-corrected chi connectivity index (χ4v) is 3.01. The Morgan fingerprint density at radius 3 is 2.77 bits per heavy atom. The summed E-state index contributed by atoms with van der Waals surface area (Å²) >= 11 is 0. The molecule has 1 saturated heterocycles. The first-order valence-corrected chi connectivity index (χ1v) is 8.46. The molecule has 0 radical (unpaired) electrons. The maximum absolute atomic E-state index is 12.4. The van der Waals surface area contributed by atoms with Crippen LogP contribution in [-0.4, -0.2) is 53.4 Å². The maximum atomic E-state index is 12.4. The highest BCUT2D eigenvalue weighted by Gasteiger charge is 2.18. The molecule has 1 amide bonds.